The molecule has 0 bridgehead atoms. The molecule has 0 radical (unpaired) electrons. The van der Waals surface area contributed by atoms with Gasteiger partial charge in [-0.3, -0.25) is 9.69 Å². The van der Waals surface area contributed by atoms with E-state index in [0.717, 1.165) is 11.1 Å². The minimum absolute atomic E-state index is 0.338. The second kappa shape index (κ2) is 7.26. The summed E-state index contributed by atoms with van der Waals surface area (Å²) in [5, 5.41) is 19.4. The summed E-state index contributed by atoms with van der Waals surface area (Å²) in [7, 11) is 0. The van der Waals surface area contributed by atoms with Gasteiger partial charge in [-0.05, 0) is 25.5 Å². The molecular formula is C15H23NO3. The van der Waals surface area contributed by atoms with Gasteiger partial charge in [-0.2, -0.15) is 0 Å². The molecule has 0 saturated heterocycles. The van der Waals surface area contributed by atoms with E-state index in [4.69, 9.17) is 0 Å². The molecule has 1 aromatic carbocycles. The normalized spacial score (nSPS) is 14.4. The van der Waals surface area contributed by atoms with Crippen molar-refractivity contribution in [2.24, 2.45) is 0 Å². The van der Waals surface area contributed by atoms with Crippen LogP contribution in [0, 0.1) is 6.92 Å². The van der Waals surface area contributed by atoms with Crippen molar-refractivity contribution in [1.82, 2.24) is 4.90 Å². The van der Waals surface area contributed by atoms with Crippen molar-refractivity contribution in [2.45, 2.75) is 39.3 Å². The van der Waals surface area contributed by atoms with Crippen molar-refractivity contribution in [2.75, 3.05) is 13.1 Å². The Morgan fingerprint density at radius 3 is 2.26 bits per heavy atom. The zero-order valence-corrected chi connectivity index (χ0v) is 11.8. The summed E-state index contributed by atoms with van der Waals surface area (Å²) in [6.45, 7) is 6.69. The number of aliphatic hydroxyl groups excluding tert-OH is 1. The van der Waals surface area contributed by atoms with Gasteiger partial charge in [-0.25, -0.2) is 0 Å². The fourth-order valence-corrected chi connectivity index (χ4v) is 2.18. The fraction of sp³-hybridized carbons (Fsp3) is 0.533. The summed E-state index contributed by atoms with van der Waals surface area (Å²) >= 11 is 0. The lowest BCUT2D eigenvalue weighted by Crippen LogP contribution is -2.42. The minimum Gasteiger partial charge on any atom is -0.480 e. The number of hydrogen-bond acceptors (Lipinski definition) is 3. The molecular weight excluding hydrogens is 242 g/mol. The highest BCUT2D eigenvalue weighted by molar-refractivity contribution is 5.73. The molecule has 106 valence electrons. The maximum atomic E-state index is 11.2. The number of aliphatic carboxylic acids is 1. The Hall–Kier alpha value is -1.39. The number of hydrogen-bond donors (Lipinski definition) is 2. The van der Waals surface area contributed by atoms with Crippen LogP contribution in [-0.2, 0) is 4.79 Å². The summed E-state index contributed by atoms with van der Waals surface area (Å²) in [4.78, 5) is 13.0. The average Bonchev–Trinajstić information content (AvgIpc) is 2.38. The van der Waals surface area contributed by atoms with Crippen LogP contribution in [0.2, 0.25) is 0 Å². The molecule has 0 saturated carbocycles. The van der Waals surface area contributed by atoms with Gasteiger partial charge < -0.3 is 10.2 Å². The molecule has 0 heterocycles. The summed E-state index contributed by atoms with van der Waals surface area (Å²) < 4.78 is 0. The second-order valence-corrected chi connectivity index (χ2v) is 4.78. The number of carbonyl (C=O) groups is 1. The van der Waals surface area contributed by atoms with Crippen LogP contribution in [0.15, 0.2) is 24.3 Å². The molecule has 2 N–H and O–H groups in total. The molecule has 0 fully saturated rings. The van der Waals surface area contributed by atoms with Crippen molar-refractivity contribution in [3.8, 4) is 0 Å². The maximum Gasteiger partial charge on any atom is 0.320 e. The Morgan fingerprint density at radius 2 is 1.84 bits per heavy atom. The zero-order valence-electron chi connectivity index (χ0n) is 11.8. The quantitative estimate of drug-likeness (QED) is 0.793. The Balaban J connectivity index is 2.74. The van der Waals surface area contributed by atoms with Crippen molar-refractivity contribution >= 4 is 5.97 Å². The molecule has 0 unspecified atom stereocenters. The van der Waals surface area contributed by atoms with Gasteiger partial charge in [0.2, 0.25) is 0 Å². The maximum absolute atomic E-state index is 11.2. The Bertz CT molecular complexity index is 402. The number of benzene rings is 1. The number of aryl methyl sites for hydroxylation is 1. The Labute approximate surface area is 114 Å². The first-order chi connectivity index (χ1) is 8.99. The lowest BCUT2D eigenvalue weighted by atomic mass is 10.1. The number of nitrogens with zero attached hydrogens (tertiary/aromatic N) is 1. The lowest BCUT2D eigenvalue weighted by molar-refractivity contribution is -0.143. The van der Waals surface area contributed by atoms with E-state index < -0.39 is 18.1 Å². The standard InChI is InChI=1S/C15H23NO3/c1-4-13(15(18)19)16(5-2)10-14(17)12-8-6-11(3)7-9-12/h6-9,13-14,17H,4-5,10H2,1-3H3,(H,18,19)/t13-,14-/m0/s1. The molecule has 1 aromatic rings. The predicted octanol–water partition coefficient (Wildman–Crippen LogP) is 2.21. The first-order valence-corrected chi connectivity index (χ1v) is 6.71. The average molecular weight is 265 g/mol. The highest BCUT2D eigenvalue weighted by atomic mass is 16.4. The SMILES string of the molecule is CC[C@@H](C(=O)O)N(CC)C[C@H](O)c1ccc(C)cc1. The van der Waals surface area contributed by atoms with E-state index in [1.165, 1.54) is 0 Å². The van der Waals surface area contributed by atoms with Gasteiger partial charge >= 0.3 is 5.97 Å². The Morgan fingerprint density at radius 1 is 1.26 bits per heavy atom. The Kier molecular flexibility index (Phi) is 5.99. The van der Waals surface area contributed by atoms with Crippen LogP contribution >= 0.6 is 0 Å². The number of aliphatic hydroxyl groups is 1. The summed E-state index contributed by atoms with van der Waals surface area (Å²) in [5.74, 6) is -0.833. The fourth-order valence-electron chi connectivity index (χ4n) is 2.18. The van der Waals surface area contributed by atoms with E-state index in [1.807, 2.05) is 45.0 Å². The van der Waals surface area contributed by atoms with E-state index in [9.17, 15) is 15.0 Å². The highest BCUT2D eigenvalue weighted by Gasteiger charge is 2.24. The first-order valence-electron chi connectivity index (χ1n) is 6.71. The van der Waals surface area contributed by atoms with Crippen LogP contribution in [0.1, 0.15) is 37.5 Å². The molecule has 19 heavy (non-hydrogen) atoms. The molecule has 2 atom stereocenters. The van der Waals surface area contributed by atoms with Crippen molar-refractivity contribution in [3.63, 3.8) is 0 Å². The molecule has 0 aromatic heterocycles. The molecule has 0 aliphatic rings. The predicted molar refractivity (Wildman–Crippen MR) is 75.1 cm³/mol. The molecule has 1 rings (SSSR count). The molecule has 4 nitrogen and oxygen atoms in total. The van der Waals surface area contributed by atoms with Crippen molar-refractivity contribution in [3.05, 3.63) is 35.4 Å². The van der Waals surface area contributed by atoms with Gasteiger partial charge in [0.15, 0.2) is 0 Å². The number of rotatable bonds is 7. The van der Waals surface area contributed by atoms with Gasteiger partial charge in [0.1, 0.15) is 6.04 Å². The third-order valence-electron chi connectivity index (χ3n) is 3.39. The molecule has 0 aliphatic carbocycles. The van der Waals surface area contributed by atoms with Crippen molar-refractivity contribution < 1.29 is 15.0 Å². The van der Waals surface area contributed by atoms with E-state index in [2.05, 4.69) is 0 Å². The molecule has 0 spiro atoms. The topological polar surface area (TPSA) is 60.8 Å². The van der Waals surface area contributed by atoms with Crippen LogP contribution < -0.4 is 0 Å². The largest absolute Gasteiger partial charge is 0.480 e. The van der Waals surface area contributed by atoms with Gasteiger partial charge in [0, 0.05) is 6.54 Å². The molecule has 0 amide bonds. The summed E-state index contributed by atoms with van der Waals surface area (Å²) in [6.07, 6.45) is -0.127. The van der Waals surface area contributed by atoms with E-state index in [1.54, 1.807) is 4.90 Å². The van der Waals surface area contributed by atoms with Crippen molar-refractivity contribution in [1.29, 1.82) is 0 Å². The molecule has 0 aliphatic heterocycles. The van der Waals surface area contributed by atoms with Crippen LogP contribution in [0.3, 0.4) is 0 Å². The zero-order chi connectivity index (χ0) is 14.4. The number of carboxylic acids is 1. The number of likely N-dealkylation sites (N-methyl/N-ethyl adjacent to an activating group) is 1. The van der Waals surface area contributed by atoms with Gasteiger partial charge in [0.05, 0.1) is 6.10 Å². The monoisotopic (exact) mass is 265 g/mol. The second-order valence-electron chi connectivity index (χ2n) is 4.78. The third-order valence-corrected chi connectivity index (χ3v) is 3.39. The van der Waals surface area contributed by atoms with Crippen LogP contribution in [0.25, 0.3) is 0 Å². The van der Waals surface area contributed by atoms with E-state index >= 15 is 0 Å². The molecule has 4 heteroatoms. The first kappa shape index (κ1) is 15.7. The van der Waals surface area contributed by atoms with Crippen LogP contribution in [0.5, 0.6) is 0 Å². The van der Waals surface area contributed by atoms with E-state index in [0.29, 0.717) is 19.5 Å². The van der Waals surface area contributed by atoms with Gasteiger partial charge in [-0.1, -0.05) is 43.7 Å². The van der Waals surface area contributed by atoms with Gasteiger partial charge in [-0.15, -0.1) is 0 Å². The van der Waals surface area contributed by atoms with Gasteiger partial charge in [0.25, 0.3) is 0 Å². The van der Waals surface area contributed by atoms with E-state index in [-0.39, 0.29) is 0 Å². The van der Waals surface area contributed by atoms with Crippen LogP contribution in [-0.4, -0.2) is 40.2 Å². The lowest BCUT2D eigenvalue weighted by Gasteiger charge is -2.29. The number of carboxylic acid groups (broad SMARTS) is 1. The summed E-state index contributed by atoms with van der Waals surface area (Å²) in [5.41, 5.74) is 1.96. The van der Waals surface area contributed by atoms with Crippen LogP contribution in [0.4, 0.5) is 0 Å². The smallest absolute Gasteiger partial charge is 0.320 e. The highest BCUT2D eigenvalue weighted by Crippen LogP contribution is 2.17. The minimum atomic E-state index is -0.833. The third kappa shape index (κ3) is 4.33. The summed E-state index contributed by atoms with van der Waals surface area (Å²) in [6, 6.07) is 7.13.